The van der Waals surface area contributed by atoms with Gasteiger partial charge in [0, 0.05) is 12.3 Å². The Labute approximate surface area is 452 Å². The van der Waals surface area contributed by atoms with Crippen LogP contribution in [-0.4, -0.2) is 103 Å². The van der Waals surface area contributed by atoms with Crippen LogP contribution < -0.4 is 4.74 Å². The molecule has 1 amide bonds. The standard InChI is InChI=1S/C60H44F5NO14/c61-45-46(62)48(64)51(49(65)47(45)63)78-58(71)43-29-37(30-66(43)60(72)74-31-42-40-27-15-13-25-38(40)39-26-14-16-28-41(39)42)75-59-53(80-57(70)36-23-11-4-12-24-36)52(79-56(69)35-21-9-3-10-22-35)50(77-55(68)34-19-7-2-8-20-34)44(76-59)32-73-54(67)33-17-5-1-6-18-33/h1-28,37,42-44,50,52-53,59H,29-32H2/t37?,43-,44+,50-,52-,53+,59+/m0/s1. The molecule has 0 bridgehead atoms. The fourth-order valence-corrected chi connectivity index (χ4v) is 9.67. The van der Waals surface area contributed by atoms with Crippen molar-refractivity contribution in [2.45, 2.75) is 55.2 Å². The van der Waals surface area contributed by atoms with Gasteiger partial charge in [-0.3, -0.25) is 4.90 Å². The first-order valence-corrected chi connectivity index (χ1v) is 24.9. The molecule has 10 rings (SSSR count). The van der Waals surface area contributed by atoms with Gasteiger partial charge in [0.1, 0.15) is 25.4 Å². The molecule has 0 aromatic heterocycles. The molecule has 0 saturated carbocycles. The summed E-state index contributed by atoms with van der Waals surface area (Å²) < 4.78 is 121. The number of carbonyl (C=O) groups is 6. The summed E-state index contributed by atoms with van der Waals surface area (Å²) in [5.74, 6) is -20.5. The van der Waals surface area contributed by atoms with Gasteiger partial charge in [-0.05, 0) is 70.8 Å². The summed E-state index contributed by atoms with van der Waals surface area (Å²) in [4.78, 5) is 85.3. The van der Waals surface area contributed by atoms with E-state index < -0.39 is 139 Å². The number of fused-ring (bicyclic) bond motifs is 3. The van der Waals surface area contributed by atoms with Gasteiger partial charge in [-0.25, -0.2) is 41.9 Å². The van der Waals surface area contributed by atoms with Gasteiger partial charge in [-0.2, -0.15) is 8.78 Å². The Balaban J connectivity index is 1.02. The van der Waals surface area contributed by atoms with Crippen molar-refractivity contribution in [1.29, 1.82) is 0 Å². The molecule has 7 aromatic rings. The van der Waals surface area contributed by atoms with Gasteiger partial charge in [0.05, 0.1) is 34.9 Å². The lowest BCUT2D eigenvalue weighted by Crippen LogP contribution is -2.63. The molecule has 20 heteroatoms. The van der Waals surface area contributed by atoms with Gasteiger partial charge in [0.2, 0.25) is 34.8 Å². The van der Waals surface area contributed by atoms with Crippen LogP contribution in [0.15, 0.2) is 170 Å². The molecule has 2 heterocycles. The van der Waals surface area contributed by atoms with E-state index in [1.54, 1.807) is 60.7 Å². The number of nitrogens with zero attached hydrogens (tertiary/aromatic N) is 1. The first-order valence-electron chi connectivity index (χ1n) is 24.9. The van der Waals surface area contributed by atoms with E-state index in [4.69, 9.17) is 37.9 Å². The number of hydrogen-bond donors (Lipinski definition) is 0. The summed E-state index contributed by atoms with van der Waals surface area (Å²) in [5.41, 5.74) is 3.40. The molecule has 80 heavy (non-hydrogen) atoms. The van der Waals surface area contributed by atoms with Crippen LogP contribution in [0.25, 0.3) is 11.1 Å². The molecule has 0 radical (unpaired) electrons. The normalized spacial score (nSPS) is 20.2. The lowest BCUT2D eigenvalue weighted by atomic mass is 9.97. The summed E-state index contributed by atoms with van der Waals surface area (Å²) in [7, 11) is 0. The zero-order chi connectivity index (χ0) is 56.0. The minimum Gasteiger partial charge on any atom is -0.459 e. The van der Waals surface area contributed by atoms with Crippen LogP contribution in [0.5, 0.6) is 5.75 Å². The molecule has 3 aliphatic rings. The number of rotatable bonds is 15. The monoisotopic (exact) mass is 1100 g/mol. The Morgan fingerprint density at radius 1 is 0.475 bits per heavy atom. The van der Waals surface area contributed by atoms with Crippen molar-refractivity contribution in [3.05, 3.63) is 232 Å². The zero-order valence-corrected chi connectivity index (χ0v) is 41.7. The molecule has 2 aliphatic heterocycles. The smallest absolute Gasteiger partial charge is 0.410 e. The molecule has 2 fully saturated rings. The zero-order valence-electron chi connectivity index (χ0n) is 41.7. The van der Waals surface area contributed by atoms with Crippen LogP contribution in [0.3, 0.4) is 0 Å². The van der Waals surface area contributed by atoms with E-state index in [2.05, 4.69) is 0 Å². The third kappa shape index (κ3) is 11.3. The van der Waals surface area contributed by atoms with Crippen molar-refractivity contribution in [2.75, 3.05) is 19.8 Å². The van der Waals surface area contributed by atoms with E-state index in [9.17, 15) is 41.9 Å². The summed E-state index contributed by atoms with van der Waals surface area (Å²) in [5, 5.41) is 0. The van der Waals surface area contributed by atoms with Gasteiger partial charge in [-0.1, -0.05) is 121 Å². The number of esters is 5. The predicted molar refractivity (Wildman–Crippen MR) is 269 cm³/mol. The number of benzene rings is 7. The molecule has 0 N–H and O–H groups in total. The minimum absolute atomic E-state index is 0.0138. The van der Waals surface area contributed by atoms with Crippen molar-refractivity contribution < 1.29 is 88.6 Å². The first kappa shape index (κ1) is 54.1. The van der Waals surface area contributed by atoms with Crippen LogP contribution >= 0.6 is 0 Å². The first-order chi connectivity index (χ1) is 38.7. The molecule has 15 nitrogen and oxygen atoms in total. The van der Waals surface area contributed by atoms with Crippen LogP contribution in [0.4, 0.5) is 26.7 Å². The molecule has 1 unspecified atom stereocenters. The maximum Gasteiger partial charge on any atom is 0.410 e. The van der Waals surface area contributed by atoms with E-state index >= 15 is 8.78 Å². The summed E-state index contributed by atoms with van der Waals surface area (Å²) in [6, 6.07) is 43.1. The van der Waals surface area contributed by atoms with E-state index in [0.717, 1.165) is 27.2 Å². The number of carbonyl (C=O) groups excluding carboxylic acids is 6. The molecular formula is C60H44F5NO14. The number of amides is 1. The fourth-order valence-electron chi connectivity index (χ4n) is 9.67. The average Bonchev–Trinajstić information content (AvgIpc) is 4.10. The fraction of sp³-hybridized carbons (Fsp3) is 0.200. The van der Waals surface area contributed by atoms with E-state index in [1.807, 2.05) is 36.4 Å². The maximum atomic E-state index is 15.1. The largest absolute Gasteiger partial charge is 0.459 e. The summed E-state index contributed by atoms with van der Waals surface area (Å²) >= 11 is 0. The third-order valence-electron chi connectivity index (χ3n) is 13.5. The highest BCUT2D eigenvalue weighted by Gasteiger charge is 2.55. The van der Waals surface area contributed by atoms with Gasteiger partial charge in [0.25, 0.3) is 0 Å². The highest BCUT2D eigenvalue weighted by atomic mass is 19.2. The Bertz CT molecular complexity index is 3380. The van der Waals surface area contributed by atoms with Crippen molar-refractivity contribution >= 4 is 35.9 Å². The van der Waals surface area contributed by atoms with Crippen molar-refractivity contribution in [3.8, 4) is 16.9 Å². The molecule has 408 valence electrons. The van der Waals surface area contributed by atoms with Crippen LogP contribution in [-0.2, 0) is 38.0 Å². The second-order valence-electron chi connectivity index (χ2n) is 18.5. The van der Waals surface area contributed by atoms with Gasteiger partial charge < -0.3 is 37.9 Å². The Morgan fingerprint density at radius 3 is 1.40 bits per heavy atom. The molecular weight excluding hydrogens is 1050 g/mol. The molecule has 1 aliphatic carbocycles. The summed E-state index contributed by atoms with van der Waals surface area (Å²) in [6.07, 6.45) is -12.7. The predicted octanol–water partition coefficient (Wildman–Crippen LogP) is 9.95. The molecule has 7 aromatic carbocycles. The van der Waals surface area contributed by atoms with Crippen molar-refractivity contribution in [2.24, 2.45) is 0 Å². The quantitative estimate of drug-likeness (QED) is 0.0236. The highest BCUT2D eigenvalue weighted by Crippen LogP contribution is 2.45. The SMILES string of the molecule is O=C(OC[C@H]1O[C@@H](OC2C[C@@H](C(=O)Oc3c(F)c(F)c(F)c(F)c3F)N(C(=O)OCC3c4ccccc4-c4ccccc43)C2)[C@H](OC(=O)c2ccccc2)[C@@H](OC(=O)c2ccccc2)[C@H]1OC(=O)c1ccccc1)c1ccccc1. The average molecular weight is 1100 g/mol. The maximum absolute atomic E-state index is 15.1. The number of ether oxygens (including phenoxy) is 8. The lowest BCUT2D eigenvalue weighted by Gasteiger charge is -2.44. The second kappa shape index (κ2) is 23.8. The lowest BCUT2D eigenvalue weighted by molar-refractivity contribution is -0.307. The number of hydrogen-bond acceptors (Lipinski definition) is 14. The molecule has 2 saturated heterocycles. The van der Waals surface area contributed by atoms with Crippen LogP contribution in [0.2, 0.25) is 0 Å². The topological polar surface area (TPSA) is 179 Å². The highest BCUT2D eigenvalue weighted by molar-refractivity contribution is 5.92. The van der Waals surface area contributed by atoms with Gasteiger partial charge >= 0.3 is 35.9 Å². The van der Waals surface area contributed by atoms with E-state index in [-0.39, 0.29) is 28.9 Å². The second-order valence-corrected chi connectivity index (χ2v) is 18.5. The van der Waals surface area contributed by atoms with E-state index in [0.29, 0.717) is 0 Å². The van der Waals surface area contributed by atoms with E-state index in [1.165, 1.54) is 72.8 Å². The van der Waals surface area contributed by atoms with Gasteiger partial charge in [-0.15, -0.1) is 0 Å². The minimum atomic E-state index is -2.53. The molecule has 7 atom stereocenters. The Morgan fingerprint density at radius 2 is 0.900 bits per heavy atom. The Kier molecular flexibility index (Phi) is 16.1. The summed E-state index contributed by atoms with van der Waals surface area (Å²) in [6.45, 7) is -1.74. The Hall–Kier alpha value is -9.27. The third-order valence-corrected chi connectivity index (χ3v) is 13.5. The van der Waals surface area contributed by atoms with Gasteiger partial charge in [0.15, 0.2) is 24.6 Å². The number of halogens is 5. The van der Waals surface area contributed by atoms with Crippen LogP contribution in [0.1, 0.15) is 64.9 Å². The van der Waals surface area contributed by atoms with Crippen LogP contribution in [0, 0.1) is 29.1 Å². The van der Waals surface area contributed by atoms with Crippen molar-refractivity contribution in [1.82, 2.24) is 4.90 Å². The number of likely N-dealkylation sites (tertiary alicyclic amines) is 1. The molecule has 0 spiro atoms. The van der Waals surface area contributed by atoms with Crippen molar-refractivity contribution in [3.63, 3.8) is 0 Å².